The molecule has 0 spiro atoms. The second-order valence-corrected chi connectivity index (χ2v) is 7.57. The van der Waals surface area contributed by atoms with E-state index in [1.165, 1.54) is 37.5 Å². The van der Waals surface area contributed by atoms with E-state index in [0.717, 1.165) is 5.56 Å². The molecule has 1 amide bonds. The molecule has 3 rings (SSSR count). The first kappa shape index (κ1) is 23.5. The average molecular weight is 506 g/mol. The van der Waals surface area contributed by atoms with Gasteiger partial charge in [0.25, 0.3) is 5.91 Å². The number of anilines is 1. The maximum Gasteiger partial charge on any atom is 0.266 e. The minimum atomic E-state index is -0.636. The molecule has 3 aromatic carbocycles. The van der Waals surface area contributed by atoms with Gasteiger partial charge in [-0.1, -0.05) is 34.1 Å². The molecular weight excluding hydrogens is 489 g/mol. The van der Waals surface area contributed by atoms with Crippen LogP contribution in [0, 0.1) is 28.5 Å². The summed E-state index contributed by atoms with van der Waals surface area (Å²) in [5, 5.41) is 21.3. The Kier molecular flexibility index (Phi) is 7.80. The number of rotatable bonds is 7. The van der Waals surface area contributed by atoms with Crippen molar-refractivity contribution >= 4 is 33.6 Å². The van der Waals surface area contributed by atoms with E-state index in [-0.39, 0.29) is 12.2 Å². The maximum absolute atomic E-state index is 13.1. The minimum absolute atomic E-state index is 0.154. The molecular formula is C25H17BrFN3O3. The maximum atomic E-state index is 13.1. The average Bonchev–Trinajstić information content (AvgIpc) is 2.83. The summed E-state index contributed by atoms with van der Waals surface area (Å²) in [5.74, 6) is -0.263. The largest absolute Gasteiger partial charge is 0.493 e. The fourth-order valence-electron chi connectivity index (χ4n) is 2.88. The standard InChI is InChI=1S/C25H17BrFN3O3/c1-32-23-11-18(10-19(14-29)25(31)30-21-8-6-20(27)7-9-21)22(26)12-24(23)33-15-17-5-3-2-4-16(17)13-28/h2-12H,15H2,1H3,(H,30,31)/b19-10+. The van der Waals surface area contributed by atoms with E-state index >= 15 is 0 Å². The highest BCUT2D eigenvalue weighted by Gasteiger charge is 2.14. The quantitative estimate of drug-likeness (QED) is 0.333. The molecule has 0 fully saturated rings. The molecule has 0 bridgehead atoms. The van der Waals surface area contributed by atoms with Crippen molar-refractivity contribution < 1.29 is 18.7 Å². The van der Waals surface area contributed by atoms with Crippen molar-refractivity contribution in [1.29, 1.82) is 10.5 Å². The lowest BCUT2D eigenvalue weighted by molar-refractivity contribution is -0.112. The topological polar surface area (TPSA) is 95.1 Å². The molecule has 0 aromatic heterocycles. The summed E-state index contributed by atoms with van der Waals surface area (Å²) in [5.41, 5.74) is 1.97. The van der Waals surface area contributed by atoms with Gasteiger partial charge in [0.05, 0.1) is 18.7 Å². The van der Waals surface area contributed by atoms with Gasteiger partial charge in [-0.3, -0.25) is 4.79 Å². The van der Waals surface area contributed by atoms with Crippen LogP contribution in [0.5, 0.6) is 11.5 Å². The van der Waals surface area contributed by atoms with Gasteiger partial charge in [0, 0.05) is 15.7 Å². The van der Waals surface area contributed by atoms with Crippen molar-refractivity contribution in [2.45, 2.75) is 6.61 Å². The number of carbonyl (C=O) groups is 1. The Balaban J connectivity index is 1.83. The fraction of sp³-hybridized carbons (Fsp3) is 0.0800. The molecule has 0 aliphatic rings. The first-order valence-electron chi connectivity index (χ1n) is 9.62. The predicted molar refractivity (Wildman–Crippen MR) is 125 cm³/mol. The number of amides is 1. The number of nitrogens with zero attached hydrogens (tertiary/aromatic N) is 2. The van der Waals surface area contributed by atoms with Gasteiger partial charge < -0.3 is 14.8 Å². The summed E-state index contributed by atoms with van der Waals surface area (Å²) < 4.78 is 24.9. The third-order valence-electron chi connectivity index (χ3n) is 4.57. The first-order valence-corrected chi connectivity index (χ1v) is 10.4. The third kappa shape index (κ3) is 5.97. The highest BCUT2D eigenvalue weighted by molar-refractivity contribution is 9.10. The zero-order valence-corrected chi connectivity index (χ0v) is 19.0. The van der Waals surface area contributed by atoms with Gasteiger partial charge >= 0.3 is 0 Å². The first-order chi connectivity index (χ1) is 15.9. The van der Waals surface area contributed by atoms with E-state index < -0.39 is 11.7 Å². The minimum Gasteiger partial charge on any atom is -0.493 e. The summed E-state index contributed by atoms with van der Waals surface area (Å²) in [6.45, 7) is 0.158. The number of halogens is 2. The van der Waals surface area contributed by atoms with E-state index in [0.29, 0.717) is 32.8 Å². The van der Waals surface area contributed by atoms with Gasteiger partial charge in [-0.25, -0.2) is 4.39 Å². The van der Waals surface area contributed by atoms with Crippen LogP contribution in [0.25, 0.3) is 6.08 Å². The smallest absolute Gasteiger partial charge is 0.266 e. The van der Waals surface area contributed by atoms with Crippen molar-refractivity contribution in [2.24, 2.45) is 0 Å². The van der Waals surface area contributed by atoms with E-state index in [1.54, 1.807) is 30.3 Å². The number of carbonyl (C=O) groups excluding carboxylic acids is 1. The molecule has 0 atom stereocenters. The Hall–Kier alpha value is -4.14. The molecule has 1 N–H and O–H groups in total. The van der Waals surface area contributed by atoms with Crippen LogP contribution in [-0.2, 0) is 11.4 Å². The number of hydrogen-bond donors (Lipinski definition) is 1. The summed E-state index contributed by atoms with van der Waals surface area (Å²) in [6.07, 6.45) is 1.40. The molecule has 33 heavy (non-hydrogen) atoms. The SMILES string of the molecule is COc1cc(/C=C(\C#N)C(=O)Nc2ccc(F)cc2)c(Br)cc1OCc1ccccc1C#N. The van der Waals surface area contributed by atoms with Crippen molar-refractivity contribution in [3.63, 3.8) is 0 Å². The third-order valence-corrected chi connectivity index (χ3v) is 5.26. The number of methoxy groups -OCH3 is 1. The molecule has 0 heterocycles. The zero-order valence-electron chi connectivity index (χ0n) is 17.4. The highest BCUT2D eigenvalue weighted by Crippen LogP contribution is 2.35. The van der Waals surface area contributed by atoms with Crippen LogP contribution in [0.1, 0.15) is 16.7 Å². The van der Waals surface area contributed by atoms with Crippen LogP contribution in [0.15, 0.2) is 70.7 Å². The van der Waals surface area contributed by atoms with Gasteiger partial charge in [-0.15, -0.1) is 0 Å². The van der Waals surface area contributed by atoms with Crippen LogP contribution >= 0.6 is 15.9 Å². The Bertz CT molecular complexity index is 1290. The number of hydrogen-bond acceptors (Lipinski definition) is 5. The Labute approximate surface area is 198 Å². The number of nitriles is 2. The lowest BCUT2D eigenvalue weighted by atomic mass is 10.1. The van der Waals surface area contributed by atoms with Crippen molar-refractivity contribution in [1.82, 2.24) is 0 Å². The lowest BCUT2D eigenvalue weighted by Crippen LogP contribution is -2.13. The summed E-state index contributed by atoms with van der Waals surface area (Å²) >= 11 is 3.43. The second-order valence-electron chi connectivity index (χ2n) is 6.71. The summed E-state index contributed by atoms with van der Waals surface area (Å²) in [7, 11) is 1.47. The normalized spacial score (nSPS) is 10.6. The highest BCUT2D eigenvalue weighted by atomic mass is 79.9. The Morgan fingerprint density at radius 2 is 1.85 bits per heavy atom. The van der Waals surface area contributed by atoms with Gasteiger partial charge in [-0.05, 0) is 54.1 Å². The molecule has 6 nitrogen and oxygen atoms in total. The van der Waals surface area contributed by atoms with Gasteiger partial charge in [0.2, 0.25) is 0 Å². The van der Waals surface area contributed by atoms with Gasteiger partial charge in [-0.2, -0.15) is 10.5 Å². The van der Waals surface area contributed by atoms with Crippen LogP contribution in [0.2, 0.25) is 0 Å². The second kappa shape index (κ2) is 10.9. The van der Waals surface area contributed by atoms with E-state index in [1.807, 2.05) is 12.1 Å². The molecule has 0 aliphatic carbocycles. The van der Waals surface area contributed by atoms with Gasteiger partial charge in [0.15, 0.2) is 11.5 Å². The number of ether oxygens (including phenoxy) is 2. The number of nitrogens with one attached hydrogen (secondary N) is 1. The molecule has 0 unspecified atom stereocenters. The molecule has 0 saturated heterocycles. The van der Waals surface area contributed by atoms with Crippen LogP contribution in [0.3, 0.4) is 0 Å². The molecule has 8 heteroatoms. The predicted octanol–water partition coefficient (Wildman–Crippen LogP) is 5.59. The summed E-state index contributed by atoms with van der Waals surface area (Å²) in [4.78, 5) is 12.5. The van der Waals surface area contributed by atoms with E-state index in [9.17, 15) is 19.7 Å². The van der Waals surface area contributed by atoms with Crippen LogP contribution in [-0.4, -0.2) is 13.0 Å². The van der Waals surface area contributed by atoms with E-state index in [4.69, 9.17) is 9.47 Å². The Morgan fingerprint density at radius 1 is 1.12 bits per heavy atom. The van der Waals surface area contributed by atoms with Crippen molar-refractivity contribution in [3.05, 3.63) is 93.2 Å². The van der Waals surface area contributed by atoms with E-state index in [2.05, 4.69) is 27.3 Å². The number of benzene rings is 3. The lowest BCUT2D eigenvalue weighted by Gasteiger charge is -2.13. The molecule has 0 aliphatic heterocycles. The molecule has 0 radical (unpaired) electrons. The fourth-order valence-corrected chi connectivity index (χ4v) is 3.32. The monoisotopic (exact) mass is 505 g/mol. The van der Waals surface area contributed by atoms with Crippen molar-refractivity contribution in [2.75, 3.05) is 12.4 Å². The van der Waals surface area contributed by atoms with Crippen molar-refractivity contribution in [3.8, 4) is 23.6 Å². The van der Waals surface area contributed by atoms with Crippen LogP contribution < -0.4 is 14.8 Å². The van der Waals surface area contributed by atoms with Gasteiger partial charge in [0.1, 0.15) is 24.1 Å². The molecule has 0 saturated carbocycles. The molecule has 3 aromatic rings. The zero-order chi connectivity index (χ0) is 23.8. The van der Waals surface area contributed by atoms with Crippen LogP contribution in [0.4, 0.5) is 10.1 Å². The Morgan fingerprint density at radius 3 is 2.52 bits per heavy atom. The molecule has 164 valence electrons. The summed E-state index contributed by atoms with van der Waals surface area (Å²) in [6, 6.07) is 19.6.